The fourth-order valence-corrected chi connectivity index (χ4v) is 2.48. The Hall–Kier alpha value is -1.85. The van der Waals surface area contributed by atoms with E-state index in [0.29, 0.717) is 29.4 Å². The van der Waals surface area contributed by atoms with Crippen LogP contribution in [-0.4, -0.2) is 27.3 Å². The summed E-state index contributed by atoms with van der Waals surface area (Å²) < 4.78 is 1.52. The lowest BCUT2D eigenvalue weighted by Gasteiger charge is -2.06. The first-order valence-electron chi connectivity index (χ1n) is 7.25. The molecule has 1 amide bonds. The Morgan fingerprint density at radius 3 is 2.55 bits per heavy atom. The first kappa shape index (κ1) is 16.5. The van der Waals surface area contributed by atoms with Crippen molar-refractivity contribution in [2.45, 2.75) is 26.4 Å². The number of rotatable bonds is 6. The molecule has 0 aliphatic heterocycles. The molecule has 0 radical (unpaired) electrons. The summed E-state index contributed by atoms with van der Waals surface area (Å²) in [6.45, 7) is 2.50. The summed E-state index contributed by atoms with van der Waals surface area (Å²) in [4.78, 5) is 12.3. The Balaban J connectivity index is 1.95. The number of benzene rings is 1. The van der Waals surface area contributed by atoms with Gasteiger partial charge in [0.2, 0.25) is 0 Å². The van der Waals surface area contributed by atoms with Gasteiger partial charge in [0.25, 0.3) is 5.91 Å². The van der Waals surface area contributed by atoms with Crippen molar-refractivity contribution >= 4 is 17.5 Å². The van der Waals surface area contributed by atoms with Gasteiger partial charge in [-0.15, -0.1) is 0 Å². The molecule has 0 saturated carbocycles. The van der Waals surface area contributed by atoms with Crippen molar-refractivity contribution in [2.75, 3.05) is 6.54 Å². The average Bonchev–Trinajstić information content (AvgIpc) is 2.82. The van der Waals surface area contributed by atoms with E-state index < -0.39 is 0 Å². The minimum absolute atomic E-state index is 0.0380. The monoisotopic (exact) mass is 321 g/mol. The number of amides is 1. The van der Waals surface area contributed by atoms with E-state index in [1.54, 1.807) is 7.05 Å². The van der Waals surface area contributed by atoms with Crippen LogP contribution in [0.4, 0.5) is 0 Å². The number of hydrogen-bond donors (Lipinski definition) is 2. The molecule has 118 valence electrons. The number of nitrogens with zero attached hydrogens (tertiary/aromatic N) is 2. The Bertz CT molecular complexity index is 650. The highest BCUT2D eigenvalue weighted by Gasteiger charge is 2.19. The van der Waals surface area contributed by atoms with E-state index in [2.05, 4.69) is 10.4 Å². The molecule has 2 N–H and O–H groups in total. The number of carbonyl (C=O) groups excluding carboxylic acids is 1. The minimum atomic E-state index is -0.193. The van der Waals surface area contributed by atoms with Gasteiger partial charge in [0.05, 0.1) is 17.9 Å². The van der Waals surface area contributed by atoms with E-state index in [4.69, 9.17) is 16.7 Å². The lowest BCUT2D eigenvalue weighted by Crippen LogP contribution is -2.26. The van der Waals surface area contributed by atoms with E-state index in [0.717, 1.165) is 17.5 Å². The number of aliphatic hydroxyl groups excluding tert-OH is 1. The van der Waals surface area contributed by atoms with Gasteiger partial charge in [0.15, 0.2) is 0 Å². The molecule has 0 spiro atoms. The molecule has 6 heteroatoms. The third-order valence-corrected chi connectivity index (χ3v) is 3.95. The Kier molecular flexibility index (Phi) is 5.57. The van der Waals surface area contributed by atoms with Crippen LogP contribution in [0.3, 0.4) is 0 Å². The summed E-state index contributed by atoms with van der Waals surface area (Å²) in [6, 6.07) is 7.66. The largest absolute Gasteiger partial charge is 0.392 e. The summed E-state index contributed by atoms with van der Waals surface area (Å²) in [5.41, 5.74) is 3.15. The smallest absolute Gasteiger partial charge is 0.256 e. The number of aromatic nitrogens is 2. The number of aliphatic hydroxyl groups is 1. The van der Waals surface area contributed by atoms with E-state index in [1.807, 2.05) is 31.2 Å². The molecular formula is C16H20ClN3O2. The topological polar surface area (TPSA) is 67.2 Å². The van der Waals surface area contributed by atoms with Crippen molar-refractivity contribution in [3.63, 3.8) is 0 Å². The van der Waals surface area contributed by atoms with Gasteiger partial charge in [-0.2, -0.15) is 5.10 Å². The first-order valence-corrected chi connectivity index (χ1v) is 7.62. The maximum atomic E-state index is 12.3. The highest BCUT2D eigenvalue weighted by atomic mass is 35.5. The van der Waals surface area contributed by atoms with Gasteiger partial charge in [0.1, 0.15) is 5.15 Å². The van der Waals surface area contributed by atoms with Crippen LogP contribution in [-0.2, 0) is 26.5 Å². The van der Waals surface area contributed by atoms with Gasteiger partial charge in [0, 0.05) is 13.6 Å². The van der Waals surface area contributed by atoms with Crippen LogP contribution in [0.15, 0.2) is 24.3 Å². The summed E-state index contributed by atoms with van der Waals surface area (Å²) >= 11 is 6.13. The summed E-state index contributed by atoms with van der Waals surface area (Å²) in [5.74, 6) is -0.193. The van der Waals surface area contributed by atoms with E-state index in [-0.39, 0.29) is 12.5 Å². The SMILES string of the molecule is CCc1nn(C)c(Cl)c1C(=O)NCCc1ccc(CO)cc1. The fraction of sp³-hybridized carbons (Fsp3) is 0.375. The second-order valence-electron chi connectivity index (χ2n) is 5.07. The molecule has 0 fully saturated rings. The van der Waals surface area contributed by atoms with Crippen LogP contribution in [0.25, 0.3) is 0 Å². The van der Waals surface area contributed by atoms with Crippen molar-refractivity contribution in [1.29, 1.82) is 0 Å². The minimum Gasteiger partial charge on any atom is -0.392 e. The quantitative estimate of drug-likeness (QED) is 0.856. The molecule has 0 bridgehead atoms. The van der Waals surface area contributed by atoms with E-state index >= 15 is 0 Å². The zero-order valence-electron chi connectivity index (χ0n) is 12.8. The molecule has 1 aromatic heterocycles. The zero-order valence-corrected chi connectivity index (χ0v) is 13.5. The normalized spacial score (nSPS) is 10.7. The number of halogens is 1. The number of aryl methyl sites for hydroxylation is 2. The zero-order chi connectivity index (χ0) is 16.1. The maximum absolute atomic E-state index is 12.3. The molecular weight excluding hydrogens is 302 g/mol. The van der Waals surface area contributed by atoms with Crippen molar-refractivity contribution < 1.29 is 9.90 Å². The predicted molar refractivity (Wildman–Crippen MR) is 86.0 cm³/mol. The molecule has 0 aliphatic carbocycles. The second-order valence-corrected chi connectivity index (χ2v) is 5.43. The maximum Gasteiger partial charge on any atom is 0.256 e. The summed E-state index contributed by atoms with van der Waals surface area (Å²) in [5, 5.41) is 16.5. The Morgan fingerprint density at radius 1 is 1.32 bits per heavy atom. The molecule has 0 saturated heterocycles. The van der Waals surface area contributed by atoms with Gasteiger partial charge >= 0.3 is 0 Å². The van der Waals surface area contributed by atoms with Gasteiger partial charge in [-0.3, -0.25) is 9.48 Å². The van der Waals surface area contributed by atoms with Gasteiger partial charge < -0.3 is 10.4 Å². The van der Waals surface area contributed by atoms with Crippen LogP contribution in [0, 0.1) is 0 Å². The molecule has 0 atom stereocenters. The molecule has 1 heterocycles. The highest BCUT2D eigenvalue weighted by molar-refractivity contribution is 6.33. The molecule has 5 nitrogen and oxygen atoms in total. The predicted octanol–water partition coefficient (Wildman–Crippen LogP) is 2.10. The third-order valence-electron chi connectivity index (χ3n) is 3.52. The Labute approximate surface area is 134 Å². The second kappa shape index (κ2) is 7.42. The molecule has 1 aromatic carbocycles. The molecule has 22 heavy (non-hydrogen) atoms. The van der Waals surface area contributed by atoms with Crippen LogP contribution < -0.4 is 5.32 Å². The van der Waals surface area contributed by atoms with E-state index in [1.165, 1.54) is 4.68 Å². The van der Waals surface area contributed by atoms with Gasteiger partial charge in [-0.05, 0) is 24.0 Å². The van der Waals surface area contributed by atoms with Crippen LogP contribution >= 0.6 is 11.6 Å². The number of hydrogen-bond acceptors (Lipinski definition) is 3. The highest BCUT2D eigenvalue weighted by Crippen LogP contribution is 2.19. The van der Waals surface area contributed by atoms with Gasteiger partial charge in [-0.25, -0.2) is 0 Å². The molecule has 2 aromatic rings. The van der Waals surface area contributed by atoms with Crippen molar-refractivity contribution in [3.8, 4) is 0 Å². The Morgan fingerprint density at radius 2 is 1.95 bits per heavy atom. The first-order chi connectivity index (χ1) is 10.6. The molecule has 2 rings (SSSR count). The fourth-order valence-electron chi connectivity index (χ4n) is 2.25. The lowest BCUT2D eigenvalue weighted by atomic mass is 10.1. The molecule has 0 unspecified atom stereocenters. The molecule has 0 aliphatic rings. The van der Waals surface area contributed by atoms with Crippen LogP contribution in [0.5, 0.6) is 0 Å². The number of carbonyl (C=O) groups is 1. The van der Waals surface area contributed by atoms with Crippen LogP contribution in [0.1, 0.15) is 34.1 Å². The van der Waals surface area contributed by atoms with Crippen molar-refractivity contribution in [3.05, 3.63) is 51.8 Å². The standard InChI is InChI=1S/C16H20ClN3O2/c1-3-13-14(15(17)20(2)19-13)16(22)18-9-8-11-4-6-12(10-21)7-5-11/h4-7,21H,3,8-10H2,1-2H3,(H,18,22). The summed E-state index contributed by atoms with van der Waals surface area (Å²) in [7, 11) is 1.72. The van der Waals surface area contributed by atoms with Gasteiger partial charge in [-0.1, -0.05) is 42.8 Å². The van der Waals surface area contributed by atoms with Crippen LogP contribution in [0.2, 0.25) is 5.15 Å². The van der Waals surface area contributed by atoms with E-state index in [9.17, 15) is 4.79 Å². The lowest BCUT2D eigenvalue weighted by molar-refractivity contribution is 0.0953. The van der Waals surface area contributed by atoms with Crippen molar-refractivity contribution in [2.24, 2.45) is 7.05 Å². The van der Waals surface area contributed by atoms with Crippen molar-refractivity contribution in [1.82, 2.24) is 15.1 Å². The number of nitrogens with one attached hydrogen (secondary N) is 1. The third kappa shape index (κ3) is 3.67. The average molecular weight is 322 g/mol. The summed E-state index contributed by atoms with van der Waals surface area (Å²) in [6.07, 6.45) is 1.38.